The third-order valence-corrected chi connectivity index (χ3v) is 4.60. The monoisotopic (exact) mass is 373 g/mol. The van der Waals surface area contributed by atoms with E-state index >= 15 is 0 Å². The number of benzene rings is 1. The van der Waals surface area contributed by atoms with Gasteiger partial charge in [0.05, 0.1) is 11.8 Å². The summed E-state index contributed by atoms with van der Waals surface area (Å²) in [6, 6.07) is 5.65. The highest BCUT2D eigenvalue weighted by atomic mass is 32.2. The lowest BCUT2D eigenvalue weighted by Crippen LogP contribution is -2.28. The number of nitrogens with zero attached hydrogens (tertiary/aromatic N) is 3. The summed E-state index contributed by atoms with van der Waals surface area (Å²) < 4.78 is 38.1. The maximum absolute atomic E-state index is 12.6. The van der Waals surface area contributed by atoms with E-state index in [1.165, 1.54) is 0 Å². The molecule has 1 aromatic carbocycles. The van der Waals surface area contributed by atoms with Gasteiger partial charge in [0, 0.05) is 0 Å². The van der Waals surface area contributed by atoms with Crippen LogP contribution in [0.2, 0.25) is 0 Å². The standard InChI is InChI=1S/C15H18F3N5OS/c1-8-4-5-11(6-9(8)2)10(3)20-12(24)7-25-14-22-21-13(23(14)19)15(16,17)18/h4-6,10H,7,19H2,1-3H3,(H,20,24)/t10-/m1/s1. The first kappa shape index (κ1) is 19.1. The maximum atomic E-state index is 12.6. The molecular formula is C15H18F3N5OS. The Balaban J connectivity index is 1.94. The van der Waals surface area contributed by atoms with Crippen molar-refractivity contribution in [1.29, 1.82) is 0 Å². The third kappa shape index (κ3) is 4.65. The van der Waals surface area contributed by atoms with Gasteiger partial charge in [0.15, 0.2) is 0 Å². The maximum Gasteiger partial charge on any atom is 0.453 e. The quantitative estimate of drug-likeness (QED) is 0.622. The molecule has 0 radical (unpaired) electrons. The number of thioether (sulfide) groups is 1. The molecule has 25 heavy (non-hydrogen) atoms. The van der Waals surface area contributed by atoms with Gasteiger partial charge in [0.1, 0.15) is 0 Å². The van der Waals surface area contributed by atoms with Crippen LogP contribution in [0.1, 0.15) is 35.5 Å². The van der Waals surface area contributed by atoms with E-state index in [-0.39, 0.29) is 22.9 Å². The molecule has 3 N–H and O–H groups in total. The summed E-state index contributed by atoms with van der Waals surface area (Å²) in [6.45, 7) is 5.81. The van der Waals surface area contributed by atoms with E-state index in [4.69, 9.17) is 5.84 Å². The van der Waals surface area contributed by atoms with Gasteiger partial charge in [-0.25, -0.2) is 4.68 Å². The summed E-state index contributed by atoms with van der Waals surface area (Å²) in [7, 11) is 0. The molecule has 0 fully saturated rings. The molecule has 6 nitrogen and oxygen atoms in total. The Morgan fingerprint density at radius 2 is 2.00 bits per heavy atom. The van der Waals surface area contributed by atoms with Crippen molar-refractivity contribution < 1.29 is 18.0 Å². The number of halogens is 3. The molecule has 10 heteroatoms. The number of aromatic nitrogens is 3. The molecular weight excluding hydrogens is 355 g/mol. The number of hydrogen-bond acceptors (Lipinski definition) is 5. The molecule has 0 unspecified atom stereocenters. The van der Waals surface area contributed by atoms with Gasteiger partial charge in [-0.05, 0) is 37.5 Å². The average molecular weight is 373 g/mol. The van der Waals surface area contributed by atoms with Crippen molar-refractivity contribution >= 4 is 17.7 Å². The zero-order valence-corrected chi connectivity index (χ0v) is 14.7. The molecule has 0 bridgehead atoms. The lowest BCUT2D eigenvalue weighted by molar-refractivity contribution is -0.146. The van der Waals surface area contributed by atoms with Gasteiger partial charge in [-0.15, -0.1) is 10.2 Å². The molecule has 2 aromatic rings. The second-order valence-electron chi connectivity index (χ2n) is 5.60. The molecule has 1 atom stereocenters. The summed E-state index contributed by atoms with van der Waals surface area (Å²) in [5, 5.41) is 8.98. The summed E-state index contributed by atoms with van der Waals surface area (Å²) in [6.07, 6.45) is -4.69. The minimum Gasteiger partial charge on any atom is -0.349 e. The van der Waals surface area contributed by atoms with Crippen LogP contribution < -0.4 is 11.2 Å². The average Bonchev–Trinajstić information content (AvgIpc) is 2.89. The number of hydrogen-bond donors (Lipinski definition) is 2. The molecule has 1 heterocycles. The first-order valence-electron chi connectivity index (χ1n) is 7.36. The Morgan fingerprint density at radius 3 is 2.56 bits per heavy atom. The Hall–Kier alpha value is -2.23. The van der Waals surface area contributed by atoms with Crippen molar-refractivity contribution in [2.24, 2.45) is 0 Å². The normalized spacial score (nSPS) is 12.9. The van der Waals surface area contributed by atoms with Crippen molar-refractivity contribution in [1.82, 2.24) is 20.2 Å². The highest BCUT2D eigenvalue weighted by Crippen LogP contribution is 2.28. The van der Waals surface area contributed by atoms with Gasteiger partial charge in [0.25, 0.3) is 5.82 Å². The zero-order chi connectivity index (χ0) is 18.8. The minimum atomic E-state index is -4.69. The molecule has 0 saturated carbocycles. The molecule has 0 aliphatic heterocycles. The molecule has 136 valence electrons. The van der Waals surface area contributed by atoms with Gasteiger partial charge in [-0.1, -0.05) is 30.0 Å². The Morgan fingerprint density at radius 1 is 1.32 bits per heavy atom. The van der Waals surface area contributed by atoms with Gasteiger partial charge >= 0.3 is 6.18 Å². The topological polar surface area (TPSA) is 85.8 Å². The van der Waals surface area contributed by atoms with E-state index in [0.717, 1.165) is 28.5 Å². The molecule has 0 saturated heterocycles. The molecule has 2 rings (SSSR count). The van der Waals surface area contributed by atoms with Crippen molar-refractivity contribution in [3.63, 3.8) is 0 Å². The number of carbonyl (C=O) groups is 1. The number of alkyl halides is 3. The van der Waals surface area contributed by atoms with Crippen LogP contribution >= 0.6 is 11.8 Å². The van der Waals surface area contributed by atoms with E-state index in [9.17, 15) is 18.0 Å². The fourth-order valence-electron chi connectivity index (χ4n) is 2.10. The van der Waals surface area contributed by atoms with Crippen LogP contribution in [0.5, 0.6) is 0 Å². The fourth-order valence-corrected chi connectivity index (χ4v) is 2.77. The lowest BCUT2D eigenvalue weighted by Gasteiger charge is -2.15. The predicted octanol–water partition coefficient (Wildman–Crippen LogP) is 2.60. The zero-order valence-electron chi connectivity index (χ0n) is 13.9. The van der Waals surface area contributed by atoms with Crippen LogP contribution in [0.3, 0.4) is 0 Å². The van der Waals surface area contributed by atoms with Crippen LogP contribution in [0.4, 0.5) is 13.2 Å². The number of amides is 1. The van der Waals surface area contributed by atoms with E-state index in [0.29, 0.717) is 4.68 Å². The van der Waals surface area contributed by atoms with Crippen molar-refractivity contribution in [3.05, 3.63) is 40.7 Å². The van der Waals surface area contributed by atoms with Crippen LogP contribution in [0.25, 0.3) is 0 Å². The number of nitrogens with one attached hydrogen (secondary N) is 1. The van der Waals surface area contributed by atoms with E-state index in [2.05, 4.69) is 15.5 Å². The Kier molecular flexibility index (Phi) is 5.61. The second kappa shape index (κ2) is 7.34. The summed E-state index contributed by atoms with van der Waals surface area (Å²) >= 11 is 0.787. The van der Waals surface area contributed by atoms with Crippen LogP contribution in [0, 0.1) is 13.8 Å². The second-order valence-corrected chi connectivity index (χ2v) is 6.54. The van der Waals surface area contributed by atoms with Crippen LogP contribution in [-0.4, -0.2) is 26.5 Å². The van der Waals surface area contributed by atoms with E-state index < -0.39 is 12.0 Å². The first-order chi connectivity index (χ1) is 11.6. The Bertz CT molecular complexity index is 775. The van der Waals surface area contributed by atoms with Crippen molar-refractivity contribution in [3.8, 4) is 0 Å². The highest BCUT2D eigenvalue weighted by Gasteiger charge is 2.38. The number of rotatable bonds is 5. The number of aryl methyl sites for hydroxylation is 2. The summed E-state index contributed by atoms with van der Waals surface area (Å²) in [5.74, 6) is 3.55. The Labute approximate surface area is 147 Å². The molecule has 0 aliphatic carbocycles. The van der Waals surface area contributed by atoms with Crippen molar-refractivity contribution in [2.75, 3.05) is 11.6 Å². The molecule has 1 amide bonds. The number of nitrogen functional groups attached to an aromatic ring is 1. The van der Waals surface area contributed by atoms with Gasteiger partial charge in [-0.3, -0.25) is 4.79 Å². The van der Waals surface area contributed by atoms with E-state index in [1.807, 2.05) is 39.0 Å². The molecule has 0 spiro atoms. The number of carbonyl (C=O) groups excluding carboxylic acids is 1. The minimum absolute atomic E-state index is 0.123. The van der Waals surface area contributed by atoms with Gasteiger partial charge in [-0.2, -0.15) is 13.2 Å². The van der Waals surface area contributed by atoms with E-state index in [1.54, 1.807) is 0 Å². The van der Waals surface area contributed by atoms with Crippen LogP contribution in [0.15, 0.2) is 23.4 Å². The van der Waals surface area contributed by atoms with Crippen molar-refractivity contribution in [2.45, 2.75) is 38.1 Å². The lowest BCUT2D eigenvalue weighted by atomic mass is 10.0. The first-order valence-corrected chi connectivity index (χ1v) is 8.35. The predicted molar refractivity (Wildman–Crippen MR) is 88.4 cm³/mol. The van der Waals surface area contributed by atoms with Crippen LogP contribution in [-0.2, 0) is 11.0 Å². The largest absolute Gasteiger partial charge is 0.453 e. The summed E-state index contributed by atoms with van der Waals surface area (Å²) in [4.78, 5) is 12.0. The smallest absolute Gasteiger partial charge is 0.349 e. The SMILES string of the molecule is Cc1ccc([C@@H](C)NC(=O)CSc2nnc(C(F)(F)F)n2N)cc1C. The highest BCUT2D eigenvalue weighted by molar-refractivity contribution is 7.99. The summed E-state index contributed by atoms with van der Waals surface area (Å²) in [5.41, 5.74) is 3.22. The van der Waals surface area contributed by atoms with Gasteiger partial charge in [0.2, 0.25) is 11.1 Å². The van der Waals surface area contributed by atoms with Gasteiger partial charge < -0.3 is 11.2 Å². The third-order valence-electron chi connectivity index (χ3n) is 3.66. The molecule has 1 aromatic heterocycles. The molecule has 0 aliphatic rings. The number of nitrogens with two attached hydrogens (primary N) is 1. The fraction of sp³-hybridized carbons (Fsp3) is 0.400.